The number of rotatable bonds is 7. The van der Waals surface area contributed by atoms with E-state index in [0.717, 1.165) is 17.9 Å². The normalized spacial score (nSPS) is 17.5. The summed E-state index contributed by atoms with van der Waals surface area (Å²) in [7, 11) is 0. The summed E-state index contributed by atoms with van der Waals surface area (Å²) in [5, 5.41) is 9.05. The van der Waals surface area contributed by atoms with Gasteiger partial charge >= 0.3 is 0 Å². The van der Waals surface area contributed by atoms with Crippen LogP contribution in [0.1, 0.15) is 44.9 Å². The number of carbonyl (C=O) groups is 2. The third kappa shape index (κ3) is 6.25. The lowest BCUT2D eigenvalue weighted by molar-refractivity contribution is -0.138. The number of piperazine rings is 1. The summed E-state index contributed by atoms with van der Waals surface area (Å²) in [6.45, 7) is 2.38. The number of halogens is 1. The lowest BCUT2D eigenvalue weighted by Crippen LogP contribution is -2.51. The molecule has 1 aliphatic heterocycles. The van der Waals surface area contributed by atoms with Gasteiger partial charge in [-0.25, -0.2) is 0 Å². The van der Waals surface area contributed by atoms with Gasteiger partial charge in [0.1, 0.15) is 0 Å². The van der Waals surface area contributed by atoms with Crippen LogP contribution in [0.3, 0.4) is 0 Å². The van der Waals surface area contributed by atoms with Crippen molar-refractivity contribution in [2.24, 2.45) is 5.92 Å². The first-order chi connectivity index (χ1) is 15.6. The molecule has 1 saturated carbocycles. The van der Waals surface area contributed by atoms with Crippen LogP contribution in [0, 0.1) is 5.92 Å². The maximum atomic E-state index is 12.6. The maximum Gasteiger partial charge on any atom is 0.277 e. The Balaban J connectivity index is 1.18. The monoisotopic (exact) mass is 476 g/mol. The van der Waals surface area contributed by atoms with Crippen LogP contribution in [0.25, 0.3) is 11.5 Å². The molecular formula is C23H29ClN4O3S. The Labute approximate surface area is 197 Å². The van der Waals surface area contributed by atoms with Crippen molar-refractivity contribution < 1.29 is 14.0 Å². The van der Waals surface area contributed by atoms with Crippen molar-refractivity contribution in [3.63, 3.8) is 0 Å². The smallest absolute Gasteiger partial charge is 0.277 e. The summed E-state index contributed by atoms with van der Waals surface area (Å²) in [6, 6.07) is 7.15. The molecule has 0 N–H and O–H groups in total. The summed E-state index contributed by atoms with van der Waals surface area (Å²) in [5.41, 5.74) is 0.782. The van der Waals surface area contributed by atoms with Gasteiger partial charge in [0.15, 0.2) is 0 Å². The highest BCUT2D eigenvalue weighted by molar-refractivity contribution is 7.99. The molecule has 4 rings (SSSR count). The van der Waals surface area contributed by atoms with E-state index in [0.29, 0.717) is 48.7 Å². The second-order valence-electron chi connectivity index (χ2n) is 8.47. The van der Waals surface area contributed by atoms with E-state index in [1.54, 1.807) is 12.1 Å². The number of thioether (sulfide) groups is 1. The number of aromatic nitrogens is 2. The summed E-state index contributed by atoms with van der Waals surface area (Å²) in [5.74, 6) is 1.61. The number of carbonyl (C=O) groups excluding carboxylic acids is 2. The van der Waals surface area contributed by atoms with Gasteiger partial charge in [-0.15, -0.1) is 10.2 Å². The Morgan fingerprint density at radius 1 is 0.969 bits per heavy atom. The van der Waals surface area contributed by atoms with E-state index in [2.05, 4.69) is 10.2 Å². The molecule has 1 aromatic carbocycles. The Hall–Kier alpha value is -2.06. The van der Waals surface area contributed by atoms with Crippen molar-refractivity contribution in [3.05, 3.63) is 29.3 Å². The molecule has 0 atom stereocenters. The molecule has 2 fully saturated rings. The van der Waals surface area contributed by atoms with E-state index in [1.165, 1.54) is 43.9 Å². The summed E-state index contributed by atoms with van der Waals surface area (Å²) >= 11 is 7.14. The number of benzene rings is 1. The molecular weight excluding hydrogens is 448 g/mol. The largest absolute Gasteiger partial charge is 0.411 e. The number of hydrogen-bond acceptors (Lipinski definition) is 6. The predicted molar refractivity (Wildman–Crippen MR) is 124 cm³/mol. The zero-order chi connectivity index (χ0) is 22.3. The fourth-order valence-corrected chi connectivity index (χ4v) is 5.15. The van der Waals surface area contributed by atoms with Gasteiger partial charge in [0.2, 0.25) is 17.7 Å². The van der Waals surface area contributed by atoms with Gasteiger partial charge in [0.05, 0.1) is 5.75 Å². The number of nitrogens with zero attached hydrogens (tertiary/aromatic N) is 4. The molecule has 1 aliphatic carbocycles. The molecule has 7 nitrogen and oxygen atoms in total. The van der Waals surface area contributed by atoms with E-state index in [1.807, 2.05) is 21.9 Å². The van der Waals surface area contributed by atoms with Gasteiger partial charge in [0, 0.05) is 43.2 Å². The first-order valence-corrected chi connectivity index (χ1v) is 12.7. The van der Waals surface area contributed by atoms with Gasteiger partial charge in [-0.2, -0.15) is 0 Å². The van der Waals surface area contributed by atoms with Crippen LogP contribution in [0.15, 0.2) is 33.9 Å². The van der Waals surface area contributed by atoms with Crippen molar-refractivity contribution in [1.29, 1.82) is 0 Å². The van der Waals surface area contributed by atoms with Gasteiger partial charge in [-0.3, -0.25) is 9.59 Å². The molecule has 1 saturated heterocycles. The fourth-order valence-electron chi connectivity index (χ4n) is 4.36. The van der Waals surface area contributed by atoms with Gasteiger partial charge in [-0.1, -0.05) is 55.5 Å². The van der Waals surface area contributed by atoms with Crippen LogP contribution in [-0.4, -0.2) is 63.7 Å². The van der Waals surface area contributed by atoms with Crippen LogP contribution >= 0.6 is 23.4 Å². The Morgan fingerprint density at radius 3 is 2.31 bits per heavy atom. The van der Waals surface area contributed by atoms with Crippen molar-refractivity contribution in [1.82, 2.24) is 20.0 Å². The van der Waals surface area contributed by atoms with Gasteiger partial charge in [-0.05, 0) is 36.6 Å². The topological polar surface area (TPSA) is 79.5 Å². The Kier molecular flexibility index (Phi) is 8.08. The Bertz CT molecular complexity index is 906. The molecule has 0 bridgehead atoms. The second kappa shape index (κ2) is 11.2. The molecule has 2 aromatic rings. The zero-order valence-corrected chi connectivity index (χ0v) is 19.7. The molecule has 32 heavy (non-hydrogen) atoms. The summed E-state index contributed by atoms with van der Waals surface area (Å²) in [4.78, 5) is 28.9. The van der Waals surface area contributed by atoms with Gasteiger partial charge < -0.3 is 14.2 Å². The minimum Gasteiger partial charge on any atom is -0.411 e. The van der Waals surface area contributed by atoms with E-state index in [4.69, 9.17) is 16.0 Å². The third-order valence-corrected chi connectivity index (χ3v) is 7.35. The lowest BCUT2D eigenvalue weighted by atomic mass is 9.86. The van der Waals surface area contributed by atoms with E-state index >= 15 is 0 Å². The van der Waals surface area contributed by atoms with Crippen LogP contribution in [0.2, 0.25) is 5.02 Å². The lowest BCUT2D eigenvalue weighted by Gasteiger charge is -2.35. The third-order valence-electron chi connectivity index (χ3n) is 6.29. The van der Waals surface area contributed by atoms with Crippen LogP contribution in [0.4, 0.5) is 0 Å². The molecule has 2 heterocycles. The maximum absolute atomic E-state index is 12.6. The fraction of sp³-hybridized carbons (Fsp3) is 0.565. The quantitative estimate of drug-likeness (QED) is 0.547. The van der Waals surface area contributed by atoms with Crippen molar-refractivity contribution >= 4 is 35.2 Å². The standard InChI is InChI=1S/C23H29ClN4O3S/c24-19-9-7-18(8-10-19)22-25-26-23(31-22)32-16-21(30)28-14-12-27(13-15-28)20(29)11-6-17-4-2-1-3-5-17/h7-10,17H,1-6,11-16H2. The highest BCUT2D eigenvalue weighted by Crippen LogP contribution is 2.28. The highest BCUT2D eigenvalue weighted by atomic mass is 35.5. The molecule has 0 unspecified atom stereocenters. The minimum atomic E-state index is 0.0237. The average Bonchev–Trinajstić information content (AvgIpc) is 3.31. The van der Waals surface area contributed by atoms with Crippen molar-refractivity contribution in [2.45, 2.75) is 50.2 Å². The molecule has 9 heteroatoms. The SMILES string of the molecule is O=C(CCC1CCCCC1)N1CCN(C(=O)CSc2nnc(-c3ccc(Cl)cc3)o2)CC1. The molecule has 2 aliphatic rings. The van der Waals surface area contributed by atoms with Crippen LogP contribution < -0.4 is 0 Å². The highest BCUT2D eigenvalue weighted by Gasteiger charge is 2.25. The molecule has 1 aromatic heterocycles. The summed E-state index contributed by atoms with van der Waals surface area (Å²) < 4.78 is 5.65. The van der Waals surface area contributed by atoms with E-state index in [9.17, 15) is 9.59 Å². The second-order valence-corrected chi connectivity index (χ2v) is 9.84. The zero-order valence-electron chi connectivity index (χ0n) is 18.2. The molecule has 0 radical (unpaired) electrons. The van der Waals surface area contributed by atoms with E-state index in [-0.39, 0.29) is 17.6 Å². The number of amides is 2. The molecule has 0 spiro atoms. The predicted octanol–water partition coefficient (Wildman–Crippen LogP) is 4.51. The summed E-state index contributed by atoms with van der Waals surface area (Å²) in [6.07, 6.45) is 8.16. The van der Waals surface area contributed by atoms with E-state index < -0.39 is 0 Å². The Morgan fingerprint density at radius 2 is 1.62 bits per heavy atom. The number of hydrogen-bond donors (Lipinski definition) is 0. The minimum absolute atomic E-state index is 0.0237. The van der Waals surface area contributed by atoms with Crippen molar-refractivity contribution in [2.75, 3.05) is 31.9 Å². The van der Waals surface area contributed by atoms with Crippen molar-refractivity contribution in [3.8, 4) is 11.5 Å². The molecule has 2 amide bonds. The first kappa shape index (κ1) is 23.1. The molecule has 172 valence electrons. The first-order valence-electron chi connectivity index (χ1n) is 11.4. The van der Waals surface area contributed by atoms with Crippen LogP contribution in [0.5, 0.6) is 0 Å². The van der Waals surface area contributed by atoms with Gasteiger partial charge in [0.25, 0.3) is 5.22 Å². The average molecular weight is 477 g/mol. The van der Waals surface area contributed by atoms with Crippen LogP contribution in [-0.2, 0) is 9.59 Å².